The molecule has 2 aromatic heterocycles. The maximum atomic E-state index is 12.7. The Labute approximate surface area is 259 Å². The van der Waals surface area contributed by atoms with Crippen molar-refractivity contribution in [2.45, 2.75) is 25.4 Å². The second-order valence-electron chi connectivity index (χ2n) is 10.00. The number of benzene rings is 2. The third kappa shape index (κ3) is 5.57. The minimum atomic E-state index is -0.0954. The van der Waals surface area contributed by atoms with Crippen LogP contribution in [0, 0.1) is 7.14 Å². The van der Waals surface area contributed by atoms with Crippen LogP contribution in [-0.4, -0.2) is 62.6 Å². The molecule has 11 heteroatoms. The molecule has 0 saturated carbocycles. The molecule has 2 aliphatic heterocycles. The molecule has 0 bridgehead atoms. The van der Waals surface area contributed by atoms with E-state index >= 15 is 0 Å². The molecular weight excluding hydrogens is 732 g/mol. The summed E-state index contributed by atoms with van der Waals surface area (Å²) in [5.74, 6) is 0.742. The standard InChI is InChI=1S/C29H27I2N7O2/c1-2-24(39)37-9-3-4-23(16-37)38-28-25(27(33-17-34-28)36-10-11-36)26(35-38)19-7-5-18(6-8-19)15-32-29(40)20-12-21(30)14-22(31)13-20/h2,5-8,12-14,17,23H,1,3-4,9-11,15-16H2,(H,32,40). The van der Waals surface area contributed by atoms with Crippen molar-refractivity contribution in [1.82, 2.24) is 30.0 Å². The molecule has 2 aromatic carbocycles. The second-order valence-corrected chi connectivity index (χ2v) is 12.5. The van der Waals surface area contributed by atoms with Gasteiger partial charge in [-0.05, 0) is 87.9 Å². The van der Waals surface area contributed by atoms with Crippen molar-refractivity contribution in [3.63, 3.8) is 0 Å². The first-order valence-corrected chi connectivity index (χ1v) is 15.3. The van der Waals surface area contributed by atoms with Gasteiger partial charge in [0.05, 0.1) is 11.4 Å². The fourth-order valence-corrected chi connectivity index (χ4v) is 7.09. The molecule has 0 spiro atoms. The van der Waals surface area contributed by atoms with Crippen molar-refractivity contribution in [3.05, 3.63) is 79.7 Å². The summed E-state index contributed by atoms with van der Waals surface area (Å²) in [6.07, 6.45) is 4.79. The Hall–Kier alpha value is -3.07. The van der Waals surface area contributed by atoms with Crippen LogP contribution < -0.4 is 10.2 Å². The van der Waals surface area contributed by atoms with Crippen LogP contribution in [0.3, 0.4) is 0 Å². The summed E-state index contributed by atoms with van der Waals surface area (Å²) in [5, 5.41) is 9.04. The van der Waals surface area contributed by atoms with E-state index in [1.807, 2.05) is 52.0 Å². The number of piperidine rings is 1. The lowest BCUT2D eigenvalue weighted by molar-refractivity contribution is -0.127. The van der Waals surface area contributed by atoms with E-state index in [1.54, 1.807) is 6.33 Å². The molecule has 2 amide bonds. The number of hydrogen-bond acceptors (Lipinski definition) is 6. The Morgan fingerprint density at radius 1 is 1.05 bits per heavy atom. The molecule has 204 valence electrons. The van der Waals surface area contributed by atoms with Gasteiger partial charge in [0, 0.05) is 51.0 Å². The van der Waals surface area contributed by atoms with Crippen LogP contribution in [0.1, 0.15) is 34.8 Å². The summed E-state index contributed by atoms with van der Waals surface area (Å²) in [6, 6.07) is 13.9. The lowest BCUT2D eigenvalue weighted by Gasteiger charge is -2.32. The summed E-state index contributed by atoms with van der Waals surface area (Å²) in [7, 11) is 0. The minimum Gasteiger partial charge on any atom is -0.352 e. The number of aromatic nitrogens is 4. The molecule has 4 heterocycles. The van der Waals surface area contributed by atoms with E-state index in [9.17, 15) is 9.59 Å². The second kappa shape index (κ2) is 11.4. The number of halogens is 2. The molecule has 2 fully saturated rings. The molecule has 40 heavy (non-hydrogen) atoms. The highest BCUT2D eigenvalue weighted by atomic mass is 127. The van der Waals surface area contributed by atoms with Gasteiger partial charge in [-0.25, -0.2) is 14.6 Å². The molecule has 0 radical (unpaired) electrons. The fraction of sp³-hybridized carbons (Fsp3) is 0.276. The topological polar surface area (TPSA) is 96.0 Å². The Bertz CT molecular complexity index is 1590. The quantitative estimate of drug-likeness (QED) is 0.165. The lowest BCUT2D eigenvalue weighted by Crippen LogP contribution is -2.40. The third-order valence-electron chi connectivity index (χ3n) is 7.25. The van der Waals surface area contributed by atoms with E-state index < -0.39 is 0 Å². The molecule has 0 aliphatic carbocycles. The van der Waals surface area contributed by atoms with Gasteiger partial charge in [0.15, 0.2) is 5.65 Å². The average Bonchev–Trinajstić information content (AvgIpc) is 3.75. The Morgan fingerprint density at radius 3 is 2.50 bits per heavy atom. The summed E-state index contributed by atoms with van der Waals surface area (Å²) in [6.45, 7) is 7.29. The van der Waals surface area contributed by atoms with Crippen molar-refractivity contribution in [1.29, 1.82) is 0 Å². The molecule has 4 aromatic rings. The zero-order chi connectivity index (χ0) is 27.8. The van der Waals surface area contributed by atoms with Crippen LogP contribution in [0.25, 0.3) is 22.3 Å². The lowest BCUT2D eigenvalue weighted by atomic mass is 10.1. The number of nitrogens with one attached hydrogen (secondary N) is 1. The molecule has 1 atom stereocenters. The zero-order valence-corrected chi connectivity index (χ0v) is 26.0. The number of carbonyl (C=O) groups is 2. The highest BCUT2D eigenvalue weighted by Crippen LogP contribution is 2.37. The number of anilines is 1. The largest absolute Gasteiger partial charge is 0.352 e. The predicted molar refractivity (Wildman–Crippen MR) is 171 cm³/mol. The summed E-state index contributed by atoms with van der Waals surface area (Å²) < 4.78 is 4.05. The summed E-state index contributed by atoms with van der Waals surface area (Å²) in [5.41, 5.74) is 4.22. The first-order chi connectivity index (χ1) is 19.4. The van der Waals surface area contributed by atoms with Gasteiger partial charge < -0.3 is 15.1 Å². The maximum absolute atomic E-state index is 12.7. The highest BCUT2D eigenvalue weighted by Gasteiger charge is 2.31. The van der Waals surface area contributed by atoms with Crippen LogP contribution in [0.5, 0.6) is 0 Å². The molecule has 2 aliphatic rings. The fourth-order valence-electron chi connectivity index (χ4n) is 5.15. The number of fused-ring (bicyclic) bond motifs is 1. The van der Waals surface area contributed by atoms with Gasteiger partial charge in [0.2, 0.25) is 5.91 Å². The van der Waals surface area contributed by atoms with Gasteiger partial charge in [0.1, 0.15) is 17.8 Å². The monoisotopic (exact) mass is 759 g/mol. The van der Waals surface area contributed by atoms with E-state index in [4.69, 9.17) is 5.10 Å². The Morgan fingerprint density at radius 2 is 1.80 bits per heavy atom. The SMILES string of the molecule is C=CC(=O)N1CCCC(n2nc(-c3ccc(CNC(=O)c4cc(I)cc(I)c4)cc3)c3c(N4CC4)ncnc32)C1. The smallest absolute Gasteiger partial charge is 0.251 e. The molecule has 2 saturated heterocycles. The van der Waals surface area contributed by atoms with Crippen molar-refractivity contribution in [2.75, 3.05) is 31.1 Å². The highest BCUT2D eigenvalue weighted by molar-refractivity contribution is 14.1. The maximum Gasteiger partial charge on any atom is 0.251 e. The van der Waals surface area contributed by atoms with E-state index in [-0.39, 0.29) is 17.9 Å². The zero-order valence-electron chi connectivity index (χ0n) is 21.7. The van der Waals surface area contributed by atoms with Crippen molar-refractivity contribution in [2.24, 2.45) is 0 Å². The van der Waals surface area contributed by atoms with Crippen LogP contribution in [0.4, 0.5) is 5.82 Å². The normalized spacial score (nSPS) is 16.7. The van der Waals surface area contributed by atoms with E-state index in [0.717, 1.165) is 73.3 Å². The molecular formula is C29H27I2N7O2. The van der Waals surface area contributed by atoms with Crippen LogP contribution in [0.2, 0.25) is 0 Å². The molecule has 9 nitrogen and oxygen atoms in total. The van der Waals surface area contributed by atoms with E-state index in [0.29, 0.717) is 18.7 Å². The number of carbonyl (C=O) groups excluding carboxylic acids is 2. The van der Waals surface area contributed by atoms with Crippen LogP contribution in [-0.2, 0) is 11.3 Å². The van der Waals surface area contributed by atoms with E-state index in [2.05, 4.69) is 71.9 Å². The minimum absolute atomic E-state index is 0.0180. The van der Waals surface area contributed by atoms with Gasteiger partial charge in [-0.3, -0.25) is 9.59 Å². The number of rotatable bonds is 7. The number of nitrogens with zero attached hydrogens (tertiary/aromatic N) is 6. The van der Waals surface area contributed by atoms with Gasteiger partial charge in [-0.15, -0.1) is 0 Å². The van der Waals surface area contributed by atoms with Gasteiger partial charge in [-0.2, -0.15) is 5.10 Å². The molecule has 1 N–H and O–H groups in total. The Kier molecular flexibility index (Phi) is 7.75. The van der Waals surface area contributed by atoms with Crippen LogP contribution >= 0.6 is 45.2 Å². The van der Waals surface area contributed by atoms with Crippen molar-refractivity contribution < 1.29 is 9.59 Å². The number of hydrogen-bond donors (Lipinski definition) is 1. The predicted octanol–water partition coefficient (Wildman–Crippen LogP) is 4.80. The first kappa shape index (κ1) is 27.1. The van der Waals surface area contributed by atoms with E-state index in [1.165, 1.54) is 6.08 Å². The van der Waals surface area contributed by atoms with Gasteiger partial charge >= 0.3 is 0 Å². The number of amides is 2. The van der Waals surface area contributed by atoms with Gasteiger partial charge in [-0.1, -0.05) is 30.8 Å². The third-order valence-corrected chi connectivity index (χ3v) is 8.50. The molecule has 6 rings (SSSR count). The molecule has 1 unspecified atom stereocenters. The first-order valence-electron chi connectivity index (χ1n) is 13.1. The average molecular weight is 759 g/mol. The summed E-state index contributed by atoms with van der Waals surface area (Å²) in [4.78, 5) is 38.4. The number of likely N-dealkylation sites (tertiary alicyclic amines) is 1. The Balaban J connectivity index is 1.28. The summed E-state index contributed by atoms with van der Waals surface area (Å²) >= 11 is 4.45. The van der Waals surface area contributed by atoms with Crippen molar-refractivity contribution in [3.8, 4) is 11.3 Å². The van der Waals surface area contributed by atoms with Crippen LogP contribution in [0.15, 0.2) is 61.4 Å². The van der Waals surface area contributed by atoms with Gasteiger partial charge in [0.25, 0.3) is 5.91 Å². The van der Waals surface area contributed by atoms with Crippen molar-refractivity contribution >= 4 is 73.8 Å².